The molecule has 4 nitrogen and oxygen atoms in total. The van der Waals surface area contributed by atoms with E-state index in [2.05, 4.69) is 26.7 Å². The fraction of sp³-hybridized carbons (Fsp3) is 0.667. The predicted octanol–water partition coefficient (Wildman–Crippen LogP) is 1.13. The van der Waals surface area contributed by atoms with Crippen molar-refractivity contribution in [1.82, 2.24) is 14.9 Å². The van der Waals surface area contributed by atoms with Crippen LogP contribution in [-0.2, 0) is 6.42 Å². The van der Waals surface area contributed by atoms with Crippen molar-refractivity contribution in [2.24, 2.45) is 0 Å². The van der Waals surface area contributed by atoms with Crippen LogP contribution in [0.2, 0.25) is 0 Å². The van der Waals surface area contributed by atoms with Crippen LogP contribution in [0, 0.1) is 0 Å². The maximum absolute atomic E-state index is 12.2. The largest absolute Gasteiger partial charge is 0.354 e. The van der Waals surface area contributed by atoms with Crippen LogP contribution in [0.1, 0.15) is 12.6 Å². The minimum Gasteiger partial charge on any atom is -0.354 e. The van der Waals surface area contributed by atoms with Gasteiger partial charge in [0.15, 0.2) is 0 Å². The van der Waals surface area contributed by atoms with E-state index in [1.807, 2.05) is 6.07 Å². The number of aromatic nitrogens is 2. The molecular formula is C12H19FN4. The first-order valence-corrected chi connectivity index (χ1v) is 6.17. The molecule has 1 saturated heterocycles. The van der Waals surface area contributed by atoms with Gasteiger partial charge in [-0.3, -0.25) is 4.90 Å². The summed E-state index contributed by atoms with van der Waals surface area (Å²) in [5, 5.41) is 0. The highest BCUT2D eigenvalue weighted by Crippen LogP contribution is 2.13. The zero-order valence-corrected chi connectivity index (χ0v) is 10.3. The van der Waals surface area contributed by atoms with Gasteiger partial charge in [-0.05, 0) is 6.42 Å². The van der Waals surface area contributed by atoms with E-state index in [9.17, 15) is 4.39 Å². The Morgan fingerprint density at radius 3 is 2.65 bits per heavy atom. The maximum atomic E-state index is 12.2. The van der Waals surface area contributed by atoms with Crippen molar-refractivity contribution < 1.29 is 4.39 Å². The number of rotatable bonds is 4. The third-order valence-electron chi connectivity index (χ3n) is 3.17. The lowest BCUT2D eigenvalue weighted by atomic mass is 10.2. The van der Waals surface area contributed by atoms with Crippen LogP contribution in [-0.4, -0.2) is 54.3 Å². The molecule has 0 bridgehead atoms. The Morgan fingerprint density at radius 2 is 2.00 bits per heavy atom. The van der Waals surface area contributed by atoms with Crippen LogP contribution >= 0.6 is 0 Å². The van der Waals surface area contributed by atoms with Crippen LogP contribution in [0.25, 0.3) is 0 Å². The Bertz CT molecular complexity index is 350. The SMILES string of the molecule is CCc1cc(N2CCN(CCF)CC2)ncn1. The Balaban J connectivity index is 1.95. The van der Waals surface area contributed by atoms with Gasteiger partial charge >= 0.3 is 0 Å². The van der Waals surface area contributed by atoms with Gasteiger partial charge in [0.2, 0.25) is 0 Å². The van der Waals surface area contributed by atoms with Crippen molar-refractivity contribution in [2.75, 3.05) is 44.3 Å². The van der Waals surface area contributed by atoms with Gasteiger partial charge in [0.25, 0.3) is 0 Å². The number of hydrogen-bond acceptors (Lipinski definition) is 4. The smallest absolute Gasteiger partial charge is 0.132 e. The summed E-state index contributed by atoms with van der Waals surface area (Å²) in [6.45, 7) is 6.04. The molecule has 0 atom stereocenters. The molecule has 0 radical (unpaired) electrons. The highest BCUT2D eigenvalue weighted by Gasteiger charge is 2.17. The van der Waals surface area contributed by atoms with E-state index < -0.39 is 0 Å². The van der Waals surface area contributed by atoms with Crippen molar-refractivity contribution >= 4 is 5.82 Å². The Morgan fingerprint density at radius 1 is 1.24 bits per heavy atom. The lowest BCUT2D eigenvalue weighted by Crippen LogP contribution is -2.47. The number of anilines is 1. The molecular weight excluding hydrogens is 219 g/mol. The van der Waals surface area contributed by atoms with Crippen molar-refractivity contribution in [3.8, 4) is 0 Å². The standard InChI is InChI=1S/C12H19FN4/c1-2-11-9-12(15-10-14-11)17-7-5-16(4-3-13)6-8-17/h9-10H,2-8H2,1H3. The van der Waals surface area contributed by atoms with E-state index in [4.69, 9.17) is 0 Å². The number of alkyl halides is 1. The Labute approximate surface area is 101 Å². The molecule has 0 aromatic carbocycles. The molecule has 1 fully saturated rings. The van der Waals surface area contributed by atoms with Gasteiger partial charge in [-0.1, -0.05) is 6.92 Å². The average molecular weight is 238 g/mol. The second kappa shape index (κ2) is 5.91. The third kappa shape index (κ3) is 3.12. The van der Waals surface area contributed by atoms with Gasteiger partial charge in [0.1, 0.15) is 18.8 Å². The predicted molar refractivity (Wildman–Crippen MR) is 66.0 cm³/mol. The van der Waals surface area contributed by atoms with E-state index in [-0.39, 0.29) is 6.67 Å². The first-order valence-electron chi connectivity index (χ1n) is 6.17. The summed E-state index contributed by atoms with van der Waals surface area (Å²) in [5.41, 5.74) is 1.07. The minimum absolute atomic E-state index is 0.256. The molecule has 1 aromatic heterocycles. The van der Waals surface area contributed by atoms with Crippen molar-refractivity contribution in [3.63, 3.8) is 0 Å². The number of aryl methyl sites for hydroxylation is 1. The molecule has 0 amide bonds. The molecule has 17 heavy (non-hydrogen) atoms. The van der Waals surface area contributed by atoms with Gasteiger partial charge < -0.3 is 4.90 Å². The number of nitrogens with zero attached hydrogens (tertiary/aromatic N) is 4. The van der Waals surface area contributed by atoms with E-state index in [0.717, 1.165) is 44.1 Å². The summed E-state index contributed by atoms with van der Waals surface area (Å²) in [6, 6.07) is 2.05. The quantitative estimate of drug-likeness (QED) is 0.787. The summed E-state index contributed by atoms with van der Waals surface area (Å²) in [5.74, 6) is 0.997. The van der Waals surface area contributed by atoms with Crippen molar-refractivity contribution in [1.29, 1.82) is 0 Å². The van der Waals surface area contributed by atoms with E-state index in [1.165, 1.54) is 0 Å². The zero-order valence-electron chi connectivity index (χ0n) is 10.3. The third-order valence-corrected chi connectivity index (χ3v) is 3.17. The second-order valence-corrected chi connectivity index (χ2v) is 4.24. The molecule has 2 heterocycles. The lowest BCUT2D eigenvalue weighted by Gasteiger charge is -2.34. The summed E-state index contributed by atoms with van der Waals surface area (Å²) in [6.07, 6.45) is 2.56. The minimum atomic E-state index is -0.256. The van der Waals surface area contributed by atoms with Gasteiger partial charge in [-0.25, -0.2) is 14.4 Å². The van der Waals surface area contributed by atoms with Gasteiger partial charge in [-0.2, -0.15) is 0 Å². The molecule has 1 aromatic rings. The maximum Gasteiger partial charge on any atom is 0.132 e. The molecule has 0 N–H and O–H groups in total. The first-order chi connectivity index (χ1) is 8.33. The number of piperazine rings is 1. The molecule has 94 valence electrons. The summed E-state index contributed by atoms with van der Waals surface area (Å²) >= 11 is 0. The highest BCUT2D eigenvalue weighted by atomic mass is 19.1. The summed E-state index contributed by atoms with van der Waals surface area (Å²) < 4.78 is 12.2. The fourth-order valence-electron chi connectivity index (χ4n) is 2.07. The number of halogens is 1. The van der Waals surface area contributed by atoms with Gasteiger partial charge in [0, 0.05) is 44.5 Å². The van der Waals surface area contributed by atoms with Crippen LogP contribution in [0.3, 0.4) is 0 Å². The van der Waals surface area contributed by atoms with Gasteiger partial charge in [0.05, 0.1) is 0 Å². The molecule has 0 spiro atoms. The Hall–Kier alpha value is -1.23. The molecule has 0 aliphatic carbocycles. The van der Waals surface area contributed by atoms with Crippen molar-refractivity contribution in [2.45, 2.75) is 13.3 Å². The van der Waals surface area contributed by atoms with Crippen LogP contribution in [0.4, 0.5) is 10.2 Å². The van der Waals surface area contributed by atoms with Gasteiger partial charge in [-0.15, -0.1) is 0 Å². The monoisotopic (exact) mass is 238 g/mol. The Kier molecular flexibility index (Phi) is 4.25. The van der Waals surface area contributed by atoms with E-state index in [1.54, 1.807) is 6.33 Å². The van der Waals surface area contributed by atoms with E-state index in [0.29, 0.717) is 6.54 Å². The van der Waals surface area contributed by atoms with E-state index >= 15 is 0 Å². The molecule has 0 unspecified atom stereocenters. The zero-order chi connectivity index (χ0) is 12.1. The van der Waals surface area contributed by atoms with Crippen molar-refractivity contribution in [3.05, 3.63) is 18.1 Å². The fourth-order valence-corrected chi connectivity index (χ4v) is 2.07. The van der Waals surface area contributed by atoms with Crippen LogP contribution in [0.15, 0.2) is 12.4 Å². The summed E-state index contributed by atoms with van der Waals surface area (Å²) in [7, 11) is 0. The molecule has 2 rings (SSSR count). The van der Waals surface area contributed by atoms with Crippen LogP contribution < -0.4 is 4.90 Å². The topological polar surface area (TPSA) is 32.3 Å². The second-order valence-electron chi connectivity index (χ2n) is 4.24. The number of hydrogen-bond donors (Lipinski definition) is 0. The molecule has 1 aliphatic rings. The summed E-state index contributed by atoms with van der Waals surface area (Å²) in [4.78, 5) is 12.9. The first kappa shape index (κ1) is 12.2. The normalized spacial score (nSPS) is 17.4. The lowest BCUT2D eigenvalue weighted by molar-refractivity contribution is 0.235. The highest BCUT2D eigenvalue weighted by molar-refractivity contribution is 5.39. The van der Waals surface area contributed by atoms with Crippen LogP contribution in [0.5, 0.6) is 0 Å². The average Bonchev–Trinajstić information content (AvgIpc) is 2.40. The molecule has 0 saturated carbocycles. The molecule has 5 heteroatoms. The molecule has 1 aliphatic heterocycles.